The van der Waals surface area contributed by atoms with Crippen LogP contribution in [0.5, 0.6) is 0 Å². The lowest BCUT2D eigenvalue weighted by Crippen LogP contribution is -2.44. The van der Waals surface area contributed by atoms with Gasteiger partial charge in [0.25, 0.3) is 0 Å². The Balaban J connectivity index is 2.49. The lowest BCUT2D eigenvalue weighted by atomic mass is 11.1. The number of nitrogens with two attached hydrogens (primary N) is 1. The van der Waals surface area contributed by atoms with Crippen molar-refractivity contribution in [2.24, 2.45) is 5.84 Å². The average molecular weight is 88.1 g/mol. The van der Waals surface area contributed by atoms with Crippen LogP contribution in [0.1, 0.15) is 0 Å². The van der Waals surface area contributed by atoms with Gasteiger partial charge in [0, 0.05) is 6.20 Å². The van der Waals surface area contributed by atoms with Gasteiger partial charge >= 0.3 is 0 Å². The van der Waals surface area contributed by atoms with Crippen LogP contribution < -0.4 is 22.3 Å². The predicted molar refractivity (Wildman–Crippen MR) is 23.8 cm³/mol. The van der Waals surface area contributed by atoms with Crippen LogP contribution in [0.2, 0.25) is 0 Å². The lowest BCUT2D eigenvalue weighted by Gasteiger charge is -1.95. The zero-order chi connectivity index (χ0) is 4.83. The fourth-order valence-electron chi connectivity index (χ4n) is 0.0927. The SMILES string of the molecule is C=CNNNN. The van der Waals surface area contributed by atoms with E-state index in [2.05, 4.69) is 23.1 Å². The molecule has 0 amide bonds. The maximum Gasteiger partial charge on any atom is 0.00671 e. The van der Waals surface area contributed by atoms with Crippen molar-refractivity contribution in [1.82, 2.24) is 16.5 Å². The summed E-state index contributed by atoms with van der Waals surface area (Å²) in [6, 6.07) is 0. The molecule has 4 heteroatoms. The van der Waals surface area contributed by atoms with Crippen molar-refractivity contribution in [3.63, 3.8) is 0 Å². The molecule has 0 aromatic heterocycles. The van der Waals surface area contributed by atoms with E-state index in [-0.39, 0.29) is 0 Å². The second-order valence-electron chi connectivity index (χ2n) is 0.618. The molecule has 0 unspecified atom stereocenters. The minimum atomic E-state index is 1.46. The fraction of sp³-hybridized carbons (Fsp3) is 0. The van der Waals surface area contributed by atoms with Gasteiger partial charge in [0.2, 0.25) is 0 Å². The summed E-state index contributed by atoms with van der Waals surface area (Å²) in [5.74, 6) is 4.74. The van der Waals surface area contributed by atoms with Crippen LogP contribution in [0.4, 0.5) is 0 Å². The smallest absolute Gasteiger partial charge is 0.00671 e. The van der Waals surface area contributed by atoms with Crippen molar-refractivity contribution in [2.45, 2.75) is 0 Å². The van der Waals surface area contributed by atoms with Gasteiger partial charge < -0.3 is 5.43 Å². The maximum absolute atomic E-state index is 4.74. The third-order valence-electron chi connectivity index (χ3n) is 0.246. The highest BCUT2D eigenvalue weighted by molar-refractivity contribution is 4.55. The van der Waals surface area contributed by atoms with E-state index in [1.807, 2.05) is 0 Å². The summed E-state index contributed by atoms with van der Waals surface area (Å²) in [6.07, 6.45) is 1.46. The Bertz CT molecular complexity index is 34.5. The molecule has 0 saturated heterocycles. The molecule has 0 aliphatic carbocycles. The topological polar surface area (TPSA) is 62.1 Å². The Hall–Kier alpha value is -0.580. The molecular formula is C2H8N4. The average Bonchev–Trinajstić information content (AvgIpc) is 1.61. The first-order chi connectivity index (χ1) is 2.91. The number of rotatable bonds is 3. The van der Waals surface area contributed by atoms with Gasteiger partial charge in [-0.25, -0.2) is 0 Å². The molecule has 36 valence electrons. The van der Waals surface area contributed by atoms with Gasteiger partial charge in [0.05, 0.1) is 0 Å². The van der Waals surface area contributed by atoms with Gasteiger partial charge in [-0.15, -0.1) is 0 Å². The lowest BCUT2D eigenvalue weighted by molar-refractivity contribution is 0.505. The highest BCUT2D eigenvalue weighted by Gasteiger charge is 1.58. The van der Waals surface area contributed by atoms with Crippen molar-refractivity contribution in [1.29, 1.82) is 0 Å². The van der Waals surface area contributed by atoms with Gasteiger partial charge in [-0.2, -0.15) is 11.1 Å². The molecule has 0 atom stereocenters. The van der Waals surface area contributed by atoms with E-state index in [0.717, 1.165) is 0 Å². The molecule has 0 aliphatic rings. The molecule has 0 aliphatic heterocycles. The highest BCUT2D eigenvalue weighted by Crippen LogP contribution is 1.33. The second-order valence-corrected chi connectivity index (χ2v) is 0.618. The molecule has 5 N–H and O–H groups in total. The van der Waals surface area contributed by atoms with Crippen LogP contribution in [0.25, 0.3) is 0 Å². The summed E-state index contributed by atoms with van der Waals surface area (Å²) >= 11 is 0. The molecule has 0 aromatic rings. The molecule has 0 heterocycles. The molecular weight excluding hydrogens is 80.0 g/mol. The minimum Gasteiger partial charge on any atom is -0.315 e. The van der Waals surface area contributed by atoms with Crippen LogP contribution in [-0.2, 0) is 0 Å². The van der Waals surface area contributed by atoms with E-state index < -0.39 is 0 Å². The Labute approximate surface area is 36.3 Å². The van der Waals surface area contributed by atoms with E-state index in [4.69, 9.17) is 5.84 Å². The van der Waals surface area contributed by atoms with E-state index >= 15 is 0 Å². The van der Waals surface area contributed by atoms with Crippen LogP contribution in [0, 0.1) is 0 Å². The molecule has 0 rings (SSSR count). The first-order valence-corrected chi connectivity index (χ1v) is 1.49. The third kappa shape index (κ3) is 3.42. The van der Waals surface area contributed by atoms with Crippen LogP contribution >= 0.6 is 0 Å². The molecule has 0 radical (unpaired) electrons. The monoisotopic (exact) mass is 88.1 g/mol. The zero-order valence-electron chi connectivity index (χ0n) is 3.36. The van der Waals surface area contributed by atoms with Gasteiger partial charge in [-0.1, -0.05) is 6.58 Å². The Morgan fingerprint density at radius 1 is 1.67 bits per heavy atom. The molecule has 0 bridgehead atoms. The standard InChI is InChI=1S/C2H8N4/c1-2-4-6-5-3/h2,4-6H,1,3H2. The predicted octanol–water partition coefficient (Wildman–Crippen LogP) is -1.40. The summed E-state index contributed by atoms with van der Waals surface area (Å²) in [7, 11) is 0. The van der Waals surface area contributed by atoms with Gasteiger partial charge in [-0.3, -0.25) is 5.84 Å². The molecule has 0 aromatic carbocycles. The molecule has 0 spiro atoms. The van der Waals surface area contributed by atoms with E-state index in [1.165, 1.54) is 6.20 Å². The Morgan fingerprint density at radius 2 is 2.33 bits per heavy atom. The van der Waals surface area contributed by atoms with E-state index in [0.29, 0.717) is 0 Å². The largest absolute Gasteiger partial charge is 0.315 e. The third-order valence-corrected chi connectivity index (χ3v) is 0.246. The van der Waals surface area contributed by atoms with Crippen molar-refractivity contribution >= 4 is 0 Å². The minimum absolute atomic E-state index is 1.46. The van der Waals surface area contributed by atoms with Crippen LogP contribution in [-0.4, -0.2) is 0 Å². The summed E-state index contributed by atoms with van der Waals surface area (Å²) in [5, 5.41) is 0. The zero-order valence-corrected chi connectivity index (χ0v) is 3.36. The molecule has 4 nitrogen and oxygen atoms in total. The first kappa shape index (κ1) is 5.42. The summed E-state index contributed by atoms with van der Waals surface area (Å²) in [6.45, 7) is 3.33. The quantitative estimate of drug-likeness (QED) is 0.195. The normalized spacial score (nSPS) is 7.50. The Morgan fingerprint density at radius 3 is 2.50 bits per heavy atom. The summed E-state index contributed by atoms with van der Waals surface area (Å²) < 4.78 is 0. The summed E-state index contributed by atoms with van der Waals surface area (Å²) in [4.78, 5) is 0. The number of hydrogen-bond acceptors (Lipinski definition) is 4. The maximum atomic E-state index is 4.74. The molecule has 0 saturated carbocycles. The van der Waals surface area contributed by atoms with Gasteiger partial charge in [-0.05, 0) is 0 Å². The molecule has 6 heavy (non-hydrogen) atoms. The van der Waals surface area contributed by atoms with Crippen LogP contribution in [0.3, 0.4) is 0 Å². The highest BCUT2D eigenvalue weighted by atomic mass is 15.7. The van der Waals surface area contributed by atoms with Crippen molar-refractivity contribution < 1.29 is 0 Å². The van der Waals surface area contributed by atoms with Crippen molar-refractivity contribution in [3.05, 3.63) is 12.8 Å². The molecule has 0 fully saturated rings. The fourth-order valence-corrected chi connectivity index (χ4v) is 0.0927. The number of hydrogen-bond donors (Lipinski definition) is 4. The van der Waals surface area contributed by atoms with Crippen molar-refractivity contribution in [3.8, 4) is 0 Å². The first-order valence-electron chi connectivity index (χ1n) is 1.49. The van der Waals surface area contributed by atoms with Gasteiger partial charge in [0.1, 0.15) is 0 Å². The van der Waals surface area contributed by atoms with Crippen LogP contribution in [0.15, 0.2) is 12.8 Å². The summed E-state index contributed by atoms with van der Waals surface area (Å²) in [5.41, 5.74) is 6.97. The number of hydrazine groups is 3. The van der Waals surface area contributed by atoms with E-state index in [1.54, 1.807) is 0 Å². The van der Waals surface area contributed by atoms with Crippen molar-refractivity contribution in [2.75, 3.05) is 0 Å². The second kappa shape index (κ2) is 4.42. The number of nitrogens with one attached hydrogen (secondary N) is 3. The Kier molecular flexibility index (Phi) is 3.99. The van der Waals surface area contributed by atoms with E-state index in [9.17, 15) is 0 Å². The van der Waals surface area contributed by atoms with Gasteiger partial charge in [0.15, 0.2) is 0 Å².